The van der Waals surface area contributed by atoms with Crippen LogP contribution in [0.25, 0.3) is 16.9 Å². The van der Waals surface area contributed by atoms with Crippen molar-refractivity contribution in [1.29, 1.82) is 0 Å². The van der Waals surface area contributed by atoms with Gasteiger partial charge in [-0.1, -0.05) is 48.0 Å². The van der Waals surface area contributed by atoms with E-state index in [9.17, 15) is 36.4 Å². The van der Waals surface area contributed by atoms with Crippen molar-refractivity contribution in [3.05, 3.63) is 107 Å². The van der Waals surface area contributed by atoms with E-state index in [4.69, 9.17) is 14.3 Å². The monoisotopic (exact) mass is 716 g/mol. The summed E-state index contributed by atoms with van der Waals surface area (Å²) in [4.78, 5) is 29.4. The Kier molecular flexibility index (Phi) is 10.6. The number of nitrogens with one attached hydrogen (secondary N) is 1. The summed E-state index contributed by atoms with van der Waals surface area (Å²) in [6, 6.07) is 20.5. The number of nitrogens with zero attached hydrogens (tertiary/aromatic N) is 5. The number of ether oxygens (including phenoxy) is 2. The molecular formula is C32H31F3N6O8S. The number of hydrogen-bond donors (Lipinski definition) is 1. The van der Waals surface area contributed by atoms with Gasteiger partial charge in [-0.2, -0.15) is 18.3 Å². The number of esters is 1. The van der Waals surface area contributed by atoms with Crippen molar-refractivity contribution in [2.24, 2.45) is 5.28 Å². The largest absolute Gasteiger partial charge is 0.569 e. The first-order chi connectivity index (χ1) is 23.7. The number of aryl methyl sites for hydroxylation is 1. The Balaban J connectivity index is 1.19. The molecule has 0 bridgehead atoms. The highest BCUT2D eigenvalue weighted by Gasteiger charge is 2.35. The highest BCUT2D eigenvalue weighted by molar-refractivity contribution is 7.90. The van der Waals surface area contributed by atoms with E-state index >= 15 is 0 Å². The molecule has 0 saturated carbocycles. The lowest BCUT2D eigenvalue weighted by atomic mass is 10.1. The van der Waals surface area contributed by atoms with E-state index in [1.54, 1.807) is 59.3 Å². The van der Waals surface area contributed by atoms with Crippen LogP contribution < -0.4 is 4.72 Å². The van der Waals surface area contributed by atoms with Crippen LogP contribution in [0.5, 0.6) is 0 Å². The second kappa shape index (κ2) is 14.9. The van der Waals surface area contributed by atoms with Gasteiger partial charge in [0.05, 0.1) is 33.4 Å². The molecular weight excluding hydrogens is 685 g/mol. The molecule has 0 radical (unpaired) electrons. The van der Waals surface area contributed by atoms with Crippen LogP contribution in [-0.4, -0.2) is 65.7 Å². The maximum Gasteiger partial charge on any atom is 0.435 e. The Labute approximate surface area is 284 Å². The minimum Gasteiger partial charge on any atom is -0.569 e. The quantitative estimate of drug-likeness (QED) is 0.0701. The minimum atomic E-state index is -4.72. The van der Waals surface area contributed by atoms with Crippen LogP contribution in [-0.2, 0) is 30.5 Å². The average molecular weight is 717 g/mol. The third-order valence-corrected chi connectivity index (χ3v) is 8.70. The fourth-order valence-corrected chi connectivity index (χ4v) is 5.78. The lowest BCUT2D eigenvalue weighted by Crippen LogP contribution is -2.45. The number of amides is 1. The van der Waals surface area contributed by atoms with Crippen LogP contribution in [0.1, 0.15) is 41.4 Å². The SMILES string of the molecule is Cc1ccc(-c2cc(C(F)(F)F)nn2-c2ccc(S(=O)(=O)NC(=O)OC3CCCN(/[N+]([O-])=N/OC(C)OC(=O)c4ccccc4)C3)cc2)cc1. The van der Waals surface area contributed by atoms with Crippen molar-refractivity contribution in [3.8, 4) is 16.9 Å². The number of halogens is 3. The standard InChI is InChI=1S/C32H31F3N6O8S/c1-21-10-12-23(13-11-21)28-19-29(32(33,34)35)36-40(28)25-14-16-27(17-15-25)50(45,46)37-31(43)48-26-9-6-18-39(20-26)41(44)38-49-22(2)47-30(42)24-7-4-3-5-8-24/h3-5,7-8,10-17,19,22,26H,6,9,18,20H2,1-2H3,(H,37,43)/b41-38-. The van der Waals surface area contributed by atoms with E-state index in [-0.39, 0.29) is 39.9 Å². The Morgan fingerprint density at radius 3 is 2.40 bits per heavy atom. The topological polar surface area (TPSA) is 167 Å². The minimum absolute atomic E-state index is 0.111. The zero-order valence-electron chi connectivity index (χ0n) is 26.6. The molecule has 4 aromatic rings. The lowest BCUT2D eigenvalue weighted by Gasteiger charge is -2.28. The number of aromatic nitrogens is 2. The molecule has 2 unspecified atom stereocenters. The summed E-state index contributed by atoms with van der Waals surface area (Å²) in [6.07, 6.45) is -7.44. The second-order valence-electron chi connectivity index (χ2n) is 11.2. The van der Waals surface area contributed by atoms with Gasteiger partial charge in [-0.25, -0.2) is 27.4 Å². The smallest absolute Gasteiger partial charge is 0.435 e. The van der Waals surface area contributed by atoms with Crippen molar-refractivity contribution in [3.63, 3.8) is 0 Å². The van der Waals surface area contributed by atoms with Crippen molar-refractivity contribution >= 4 is 22.1 Å². The summed E-state index contributed by atoms with van der Waals surface area (Å²) in [5.74, 6) is -0.682. The molecule has 264 valence electrons. The fourth-order valence-electron chi connectivity index (χ4n) is 4.90. The Morgan fingerprint density at radius 1 is 1.06 bits per heavy atom. The predicted molar refractivity (Wildman–Crippen MR) is 169 cm³/mol. The molecule has 0 aliphatic carbocycles. The maximum atomic E-state index is 13.5. The molecule has 2 heterocycles. The van der Waals surface area contributed by atoms with E-state index in [0.29, 0.717) is 18.4 Å². The van der Waals surface area contributed by atoms with Crippen molar-refractivity contribution in [1.82, 2.24) is 19.5 Å². The predicted octanol–water partition coefficient (Wildman–Crippen LogP) is 5.76. The summed E-state index contributed by atoms with van der Waals surface area (Å²) < 4.78 is 79.7. The van der Waals surface area contributed by atoms with Gasteiger partial charge in [0.15, 0.2) is 5.69 Å². The van der Waals surface area contributed by atoms with E-state index in [1.165, 1.54) is 19.1 Å². The van der Waals surface area contributed by atoms with Crippen LogP contribution >= 0.6 is 0 Å². The normalized spacial score (nSPS) is 16.0. The Morgan fingerprint density at radius 2 is 1.74 bits per heavy atom. The molecule has 1 aliphatic heterocycles. The van der Waals surface area contributed by atoms with Gasteiger partial charge >= 0.3 is 18.2 Å². The highest BCUT2D eigenvalue weighted by Crippen LogP contribution is 2.33. The van der Waals surface area contributed by atoms with E-state index in [1.807, 2.05) is 6.92 Å². The van der Waals surface area contributed by atoms with Gasteiger partial charge in [0.2, 0.25) is 5.28 Å². The summed E-state index contributed by atoms with van der Waals surface area (Å²) in [7, 11) is -4.47. The molecule has 5 rings (SSSR count). The first-order valence-corrected chi connectivity index (χ1v) is 16.6. The third-order valence-electron chi connectivity index (χ3n) is 7.38. The molecule has 0 spiro atoms. The molecule has 1 amide bonds. The van der Waals surface area contributed by atoms with Crippen LogP contribution in [0.3, 0.4) is 0 Å². The first-order valence-electron chi connectivity index (χ1n) is 15.1. The molecule has 1 aliphatic rings. The van der Waals surface area contributed by atoms with Crippen LogP contribution in [0.4, 0.5) is 18.0 Å². The maximum absolute atomic E-state index is 13.5. The second-order valence-corrected chi connectivity index (χ2v) is 12.8. The number of piperidine rings is 1. The van der Waals surface area contributed by atoms with Gasteiger partial charge in [0.1, 0.15) is 12.6 Å². The van der Waals surface area contributed by atoms with E-state index in [2.05, 4.69) is 10.4 Å². The van der Waals surface area contributed by atoms with Crippen molar-refractivity contribution < 1.29 is 50.5 Å². The zero-order valence-corrected chi connectivity index (χ0v) is 27.4. The number of alkyl halides is 3. The van der Waals surface area contributed by atoms with Crippen LogP contribution in [0, 0.1) is 12.1 Å². The molecule has 1 N–H and O–H groups in total. The van der Waals surface area contributed by atoms with Crippen LogP contribution in [0.2, 0.25) is 0 Å². The molecule has 50 heavy (non-hydrogen) atoms. The summed E-state index contributed by atoms with van der Waals surface area (Å²) in [5, 5.41) is 20.7. The number of carbonyl (C=O) groups excluding carboxylic acids is 2. The van der Waals surface area contributed by atoms with Gasteiger partial charge in [-0.15, -0.1) is 5.01 Å². The van der Waals surface area contributed by atoms with Gasteiger partial charge in [0, 0.05) is 12.5 Å². The number of rotatable bonds is 10. The summed E-state index contributed by atoms with van der Waals surface area (Å²) in [5.41, 5.74) is 0.783. The van der Waals surface area contributed by atoms with E-state index < -0.39 is 46.4 Å². The molecule has 1 fully saturated rings. The number of hydrogen-bond acceptors (Lipinski definition) is 10. The Hall–Kier alpha value is -5.65. The summed E-state index contributed by atoms with van der Waals surface area (Å²) in [6.45, 7) is 3.26. The molecule has 3 aromatic carbocycles. The fraction of sp³-hybridized carbons (Fsp3) is 0.281. The first kappa shape index (κ1) is 35.7. The van der Waals surface area contributed by atoms with Crippen molar-refractivity contribution in [2.75, 3.05) is 13.1 Å². The van der Waals surface area contributed by atoms with Gasteiger partial charge in [-0.3, -0.25) is 4.84 Å². The zero-order chi connectivity index (χ0) is 36.1. The molecule has 1 saturated heterocycles. The summed E-state index contributed by atoms with van der Waals surface area (Å²) >= 11 is 0. The number of benzene rings is 3. The highest BCUT2D eigenvalue weighted by atomic mass is 32.2. The third kappa shape index (κ3) is 8.87. The number of carbonyl (C=O) groups is 2. The lowest BCUT2D eigenvalue weighted by molar-refractivity contribution is -0.716. The van der Waals surface area contributed by atoms with Gasteiger partial charge in [-0.05, 0) is 62.2 Å². The molecule has 1 aromatic heterocycles. The molecule has 2 atom stereocenters. The van der Waals surface area contributed by atoms with Gasteiger partial charge < -0.3 is 14.7 Å². The van der Waals surface area contributed by atoms with Crippen LogP contribution in [0.15, 0.2) is 95.1 Å². The number of sulfonamides is 1. The van der Waals surface area contributed by atoms with E-state index in [0.717, 1.165) is 33.5 Å². The van der Waals surface area contributed by atoms with Crippen molar-refractivity contribution in [2.45, 2.75) is 50.2 Å². The van der Waals surface area contributed by atoms with Gasteiger partial charge in [0.25, 0.3) is 16.3 Å². The number of hydrazine groups is 1. The molecule has 18 heteroatoms. The average Bonchev–Trinajstić information content (AvgIpc) is 3.54. The Bertz CT molecular complexity index is 1950. The molecule has 14 nitrogen and oxygen atoms in total.